The highest BCUT2D eigenvalue weighted by Gasteiger charge is 2.20. The third-order valence-corrected chi connectivity index (χ3v) is 17.4. The Labute approximate surface area is 513 Å². The number of aliphatic hydroxyl groups is 2. The van der Waals surface area contributed by atoms with Gasteiger partial charge >= 0.3 is 5.97 Å². The minimum absolute atomic E-state index is 0.00251. The first-order valence-corrected chi connectivity index (χ1v) is 37.2. The normalized spacial score (nSPS) is 12.7. The molecule has 0 saturated heterocycles. The minimum Gasteiger partial charge on any atom is -0.466 e. The molecule has 0 rings (SSSR count). The van der Waals surface area contributed by atoms with Gasteiger partial charge < -0.3 is 20.3 Å². The van der Waals surface area contributed by atoms with E-state index in [2.05, 4.69) is 55.6 Å². The maximum atomic E-state index is 12.6. The lowest BCUT2D eigenvalue weighted by Crippen LogP contribution is -2.45. The lowest BCUT2D eigenvalue weighted by Gasteiger charge is -2.22. The minimum atomic E-state index is -0.665. The zero-order chi connectivity index (χ0) is 59.2. The zero-order valence-corrected chi connectivity index (χ0v) is 55.5. The van der Waals surface area contributed by atoms with Crippen LogP contribution in [0.15, 0.2) is 36.5 Å². The van der Waals surface area contributed by atoms with Crippen LogP contribution >= 0.6 is 0 Å². The Bertz CT molecular complexity index is 1330. The monoisotopic (exact) mass is 1150 g/mol. The van der Waals surface area contributed by atoms with Crippen molar-refractivity contribution in [2.24, 2.45) is 0 Å². The van der Waals surface area contributed by atoms with Crippen molar-refractivity contribution in [1.82, 2.24) is 5.32 Å². The summed E-state index contributed by atoms with van der Waals surface area (Å²) in [4.78, 5) is 24.6. The molecule has 0 aliphatic heterocycles. The first-order chi connectivity index (χ1) is 40.5. The lowest BCUT2D eigenvalue weighted by atomic mass is 10.0. The first-order valence-electron chi connectivity index (χ1n) is 37.2. The number of carbonyl (C=O) groups is 2. The predicted molar refractivity (Wildman–Crippen MR) is 361 cm³/mol. The number of aliphatic hydroxyl groups excluding tert-OH is 2. The summed E-state index contributed by atoms with van der Waals surface area (Å²) < 4.78 is 5.46. The third-order valence-electron chi connectivity index (χ3n) is 17.4. The van der Waals surface area contributed by atoms with Crippen LogP contribution in [0.4, 0.5) is 0 Å². The van der Waals surface area contributed by atoms with Crippen molar-refractivity contribution in [3.05, 3.63) is 36.5 Å². The standard InChI is InChI=1S/C76H145NO5/c1-3-5-7-9-11-13-15-16-17-18-19-20-30-33-36-39-42-45-49-52-56-60-64-68-74(79)73(72-78)77-75(80)69-65-61-57-53-50-46-43-40-37-34-31-28-26-24-22-21-23-25-27-29-32-35-38-41-44-47-51-55-59-63-67-71-82-76(81)70-66-62-58-54-48-14-12-10-8-6-4-2/h10,12,23,25,29,32,73-74,78-79H,3-9,11,13-22,24,26-28,30-31,33-72H2,1-2H3,(H,77,80)/b12-10-,25-23-,32-29-. The van der Waals surface area contributed by atoms with E-state index in [1.165, 1.54) is 327 Å². The number of esters is 1. The molecule has 0 radical (unpaired) electrons. The fourth-order valence-electron chi connectivity index (χ4n) is 11.7. The van der Waals surface area contributed by atoms with Crippen LogP contribution in [0.5, 0.6) is 0 Å². The molecule has 0 saturated carbocycles. The van der Waals surface area contributed by atoms with Crippen molar-refractivity contribution in [2.45, 2.75) is 424 Å². The largest absolute Gasteiger partial charge is 0.466 e. The molecule has 3 N–H and O–H groups in total. The molecule has 0 fully saturated rings. The van der Waals surface area contributed by atoms with Gasteiger partial charge in [-0.3, -0.25) is 9.59 Å². The van der Waals surface area contributed by atoms with Gasteiger partial charge in [-0.15, -0.1) is 0 Å². The second-order valence-corrected chi connectivity index (χ2v) is 25.6. The number of rotatable bonds is 70. The van der Waals surface area contributed by atoms with Crippen molar-refractivity contribution < 1.29 is 24.5 Å². The number of nitrogens with one attached hydrogen (secondary N) is 1. The Morgan fingerprint density at radius 3 is 0.976 bits per heavy atom. The highest BCUT2D eigenvalue weighted by atomic mass is 16.5. The molecule has 82 heavy (non-hydrogen) atoms. The molecular weight excluding hydrogens is 1010 g/mol. The van der Waals surface area contributed by atoms with Crippen molar-refractivity contribution in [3.8, 4) is 0 Å². The molecule has 2 atom stereocenters. The quantitative estimate of drug-likeness (QED) is 0.0320. The molecule has 0 aromatic carbocycles. The van der Waals surface area contributed by atoms with Crippen LogP contribution in [0.25, 0.3) is 0 Å². The molecule has 0 aromatic heterocycles. The number of hydrogen-bond donors (Lipinski definition) is 3. The smallest absolute Gasteiger partial charge is 0.305 e. The summed E-state index contributed by atoms with van der Waals surface area (Å²) in [5.74, 6) is -0.0271. The highest BCUT2D eigenvalue weighted by molar-refractivity contribution is 5.76. The molecule has 0 heterocycles. The van der Waals surface area contributed by atoms with E-state index < -0.39 is 12.1 Å². The summed E-state index contributed by atoms with van der Waals surface area (Å²) in [5.41, 5.74) is 0. The second kappa shape index (κ2) is 71.6. The molecule has 0 aliphatic carbocycles. The zero-order valence-electron chi connectivity index (χ0n) is 55.5. The lowest BCUT2D eigenvalue weighted by molar-refractivity contribution is -0.143. The maximum Gasteiger partial charge on any atom is 0.305 e. The summed E-state index contributed by atoms with van der Waals surface area (Å²) in [5, 5.41) is 23.5. The van der Waals surface area contributed by atoms with Crippen molar-refractivity contribution >= 4 is 11.9 Å². The Hall–Kier alpha value is -1.92. The van der Waals surface area contributed by atoms with Gasteiger partial charge in [0.2, 0.25) is 5.91 Å². The van der Waals surface area contributed by atoms with Gasteiger partial charge in [-0.1, -0.05) is 359 Å². The van der Waals surface area contributed by atoms with Gasteiger partial charge in [-0.05, 0) is 77.0 Å². The van der Waals surface area contributed by atoms with Crippen LogP contribution in [0, 0.1) is 0 Å². The Morgan fingerprint density at radius 1 is 0.341 bits per heavy atom. The van der Waals surface area contributed by atoms with Crippen molar-refractivity contribution in [1.29, 1.82) is 0 Å². The molecule has 0 aromatic rings. The van der Waals surface area contributed by atoms with E-state index in [4.69, 9.17) is 4.74 Å². The molecule has 6 nitrogen and oxygen atoms in total. The Morgan fingerprint density at radius 2 is 0.622 bits per heavy atom. The van der Waals surface area contributed by atoms with E-state index in [0.29, 0.717) is 25.9 Å². The van der Waals surface area contributed by atoms with E-state index in [1.807, 2.05) is 0 Å². The predicted octanol–water partition coefficient (Wildman–Crippen LogP) is 24.3. The molecular formula is C76H145NO5. The average molecular weight is 1150 g/mol. The van der Waals surface area contributed by atoms with Gasteiger partial charge in [0.15, 0.2) is 0 Å². The van der Waals surface area contributed by atoms with Gasteiger partial charge in [0.25, 0.3) is 0 Å². The molecule has 0 aliphatic rings. The number of hydrogen-bond acceptors (Lipinski definition) is 5. The van der Waals surface area contributed by atoms with Crippen LogP contribution < -0.4 is 5.32 Å². The van der Waals surface area contributed by atoms with Crippen LogP contribution in [-0.2, 0) is 14.3 Å². The molecule has 484 valence electrons. The fourth-order valence-corrected chi connectivity index (χ4v) is 11.7. The van der Waals surface area contributed by atoms with Crippen LogP contribution in [-0.4, -0.2) is 47.4 Å². The fraction of sp³-hybridized carbons (Fsp3) is 0.895. The van der Waals surface area contributed by atoms with E-state index in [-0.39, 0.29) is 18.5 Å². The van der Waals surface area contributed by atoms with Crippen LogP contribution in [0.3, 0.4) is 0 Å². The number of ether oxygens (including phenoxy) is 1. The van der Waals surface area contributed by atoms with E-state index in [0.717, 1.165) is 51.4 Å². The van der Waals surface area contributed by atoms with Crippen molar-refractivity contribution in [2.75, 3.05) is 13.2 Å². The summed E-state index contributed by atoms with van der Waals surface area (Å²) in [7, 11) is 0. The number of unbranched alkanes of at least 4 members (excludes halogenated alkanes) is 53. The average Bonchev–Trinajstić information content (AvgIpc) is 3.48. The van der Waals surface area contributed by atoms with E-state index >= 15 is 0 Å². The van der Waals surface area contributed by atoms with Crippen LogP contribution in [0.2, 0.25) is 0 Å². The number of allylic oxidation sites excluding steroid dienone is 6. The van der Waals surface area contributed by atoms with Gasteiger partial charge in [0.05, 0.1) is 25.4 Å². The summed E-state index contributed by atoms with van der Waals surface area (Å²) >= 11 is 0. The number of amides is 1. The summed E-state index contributed by atoms with van der Waals surface area (Å²) in [6.45, 7) is 4.95. The summed E-state index contributed by atoms with van der Waals surface area (Å²) in [6.07, 6.45) is 92.1. The molecule has 0 spiro atoms. The molecule has 0 bridgehead atoms. The van der Waals surface area contributed by atoms with E-state index in [1.54, 1.807) is 0 Å². The van der Waals surface area contributed by atoms with Crippen LogP contribution in [0.1, 0.15) is 412 Å². The number of carbonyl (C=O) groups excluding carboxylic acids is 2. The van der Waals surface area contributed by atoms with Gasteiger partial charge in [-0.25, -0.2) is 0 Å². The Kier molecular flexibility index (Phi) is 69.9. The van der Waals surface area contributed by atoms with Gasteiger partial charge in [0.1, 0.15) is 0 Å². The third kappa shape index (κ3) is 67.2. The molecule has 2 unspecified atom stereocenters. The second-order valence-electron chi connectivity index (χ2n) is 25.6. The van der Waals surface area contributed by atoms with E-state index in [9.17, 15) is 19.8 Å². The molecule has 1 amide bonds. The highest BCUT2D eigenvalue weighted by Crippen LogP contribution is 2.19. The first kappa shape index (κ1) is 80.1. The Balaban J connectivity index is 3.40. The van der Waals surface area contributed by atoms with Gasteiger partial charge in [-0.2, -0.15) is 0 Å². The SMILES string of the molecule is CCCC/C=C\CCCCCCCC(=O)OCCCCCCCCCCC/C=C\C/C=C\CCCCCCCCCCCCCCCCCC(=O)NC(CO)C(O)CCCCCCCCCCCCCCCCCCCCCCCCC. The van der Waals surface area contributed by atoms with Crippen molar-refractivity contribution in [3.63, 3.8) is 0 Å². The molecule has 6 heteroatoms. The topological polar surface area (TPSA) is 95.9 Å². The van der Waals surface area contributed by atoms with Gasteiger partial charge in [0, 0.05) is 12.8 Å². The summed E-state index contributed by atoms with van der Waals surface area (Å²) in [6, 6.07) is -0.543. The maximum absolute atomic E-state index is 12.6.